The zero-order valence-electron chi connectivity index (χ0n) is 5.66. The van der Waals surface area contributed by atoms with Crippen LogP contribution in [0.2, 0.25) is 0 Å². The van der Waals surface area contributed by atoms with Crippen molar-refractivity contribution in [3.05, 3.63) is 24.2 Å². The fourth-order valence-electron chi connectivity index (χ4n) is 0.631. The van der Waals surface area contributed by atoms with Gasteiger partial charge >= 0.3 is 5.97 Å². The Morgan fingerprint density at radius 1 is 1.90 bits per heavy atom. The summed E-state index contributed by atoms with van der Waals surface area (Å²) in [7, 11) is 1.34. The van der Waals surface area contributed by atoms with Crippen molar-refractivity contribution >= 4 is 5.97 Å². The molecule has 1 aliphatic heterocycles. The molecule has 0 saturated carbocycles. The molecule has 10 heavy (non-hydrogen) atoms. The smallest absolute Gasteiger partial charge is 0.333 e. The Kier molecular flexibility index (Phi) is 2.10. The maximum atomic E-state index is 10.6. The summed E-state index contributed by atoms with van der Waals surface area (Å²) >= 11 is 0. The molecule has 0 unspecified atom stereocenters. The van der Waals surface area contributed by atoms with Gasteiger partial charge in [0.1, 0.15) is 5.76 Å². The standard InChI is InChI=1S/C7H8O3/c1-9-7(8)5-6-3-2-4-10-6/h2,4-5H,3H2,1H3/b6-5-. The van der Waals surface area contributed by atoms with Gasteiger partial charge in [-0.15, -0.1) is 0 Å². The first-order chi connectivity index (χ1) is 4.83. The summed E-state index contributed by atoms with van der Waals surface area (Å²) < 4.78 is 9.29. The molecule has 54 valence electrons. The number of rotatable bonds is 1. The lowest BCUT2D eigenvalue weighted by Crippen LogP contribution is -1.96. The summed E-state index contributed by atoms with van der Waals surface area (Å²) in [4.78, 5) is 10.6. The third-order valence-corrected chi connectivity index (χ3v) is 1.11. The number of esters is 1. The van der Waals surface area contributed by atoms with Gasteiger partial charge in [0.2, 0.25) is 0 Å². The molecule has 0 saturated heterocycles. The largest absolute Gasteiger partial charge is 0.469 e. The molecule has 0 bridgehead atoms. The molecule has 0 aromatic heterocycles. The van der Waals surface area contributed by atoms with Crippen LogP contribution in [-0.2, 0) is 14.3 Å². The van der Waals surface area contributed by atoms with Crippen molar-refractivity contribution in [3.8, 4) is 0 Å². The second-order valence-electron chi connectivity index (χ2n) is 1.83. The van der Waals surface area contributed by atoms with Gasteiger partial charge in [0.25, 0.3) is 0 Å². The van der Waals surface area contributed by atoms with E-state index < -0.39 is 0 Å². The molecule has 0 N–H and O–H groups in total. The zero-order chi connectivity index (χ0) is 7.40. The number of methoxy groups -OCH3 is 1. The molecule has 0 fully saturated rings. The van der Waals surface area contributed by atoms with E-state index in [-0.39, 0.29) is 5.97 Å². The molecule has 1 rings (SSSR count). The number of hydrogen-bond donors (Lipinski definition) is 0. The highest BCUT2D eigenvalue weighted by Gasteiger charge is 2.03. The summed E-state index contributed by atoms with van der Waals surface area (Å²) in [5.74, 6) is 0.255. The zero-order valence-corrected chi connectivity index (χ0v) is 5.66. The monoisotopic (exact) mass is 140 g/mol. The summed E-state index contributed by atoms with van der Waals surface area (Å²) in [5.41, 5.74) is 0. The van der Waals surface area contributed by atoms with E-state index in [1.54, 1.807) is 6.26 Å². The molecular weight excluding hydrogens is 132 g/mol. The molecular formula is C7H8O3. The molecule has 0 atom stereocenters. The minimum atomic E-state index is -0.376. The van der Waals surface area contributed by atoms with Crippen molar-refractivity contribution < 1.29 is 14.3 Å². The second-order valence-corrected chi connectivity index (χ2v) is 1.83. The molecule has 0 radical (unpaired) electrons. The number of carbonyl (C=O) groups excluding carboxylic acids is 1. The molecule has 1 aliphatic rings. The summed E-state index contributed by atoms with van der Waals surface area (Å²) in [6.45, 7) is 0. The Bertz CT molecular complexity index is 181. The summed E-state index contributed by atoms with van der Waals surface area (Å²) in [6, 6.07) is 0. The lowest BCUT2D eigenvalue weighted by Gasteiger charge is -1.94. The number of carbonyl (C=O) groups is 1. The molecule has 1 heterocycles. The topological polar surface area (TPSA) is 35.5 Å². The van der Waals surface area contributed by atoms with Crippen molar-refractivity contribution in [2.24, 2.45) is 0 Å². The Morgan fingerprint density at radius 3 is 3.20 bits per heavy atom. The predicted octanol–water partition coefficient (Wildman–Crippen LogP) is 0.977. The highest BCUT2D eigenvalue weighted by Crippen LogP contribution is 2.12. The van der Waals surface area contributed by atoms with E-state index in [0.29, 0.717) is 12.2 Å². The highest BCUT2D eigenvalue weighted by molar-refractivity contribution is 5.82. The lowest BCUT2D eigenvalue weighted by molar-refractivity contribution is -0.135. The first-order valence-corrected chi connectivity index (χ1v) is 2.93. The number of allylic oxidation sites excluding steroid dienone is 1. The van der Waals surface area contributed by atoms with Gasteiger partial charge in [0.15, 0.2) is 0 Å². The summed E-state index contributed by atoms with van der Waals surface area (Å²) in [6.07, 6.45) is 5.39. The Labute approximate surface area is 58.9 Å². The molecule has 3 heteroatoms. The first-order valence-electron chi connectivity index (χ1n) is 2.93. The van der Waals surface area contributed by atoms with Crippen molar-refractivity contribution in [3.63, 3.8) is 0 Å². The molecule has 0 amide bonds. The van der Waals surface area contributed by atoms with Crippen LogP contribution in [0.25, 0.3) is 0 Å². The SMILES string of the molecule is COC(=O)/C=C1/CC=CO1. The average molecular weight is 140 g/mol. The Balaban J connectivity index is 2.47. The molecule has 0 aliphatic carbocycles. The van der Waals surface area contributed by atoms with Crippen LogP contribution in [0.1, 0.15) is 6.42 Å². The molecule has 0 spiro atoms. The van der Waals surface area contributed by atoms with Gasteiger partial charge in [0, 0.05) is 6.42 Å². The van der Waals surface area contributed by atoms with Crippen molar-refractivity contribution in [1.82, 2.24) is 0 Å². The van der Waals surface area contributed by atoms with E-state index in [0.717, 1.165) is 0 Å². The lowest BCUT2D eigenvalue weighted by atomic mass is 10.3. The van der Waals surface area contributed by atoms with Crippen LogP contribution in [0.4, 0.5) is 0 Å². The van der Waals surface area contributed by atoms with Gasteiger partial charge in [-0.3, -0.25) is 0 Å². The maximum absolute atomic E-state index is 10.6. The Morgan fingerprint density at radius 2 is 2.70 bits per heavy atom. The van der Waals surface area contributed by atoms with Gasteiger partial charge in [-0.25, -0.2) is 4.79 Å². The third-order valence-electron chi connectivity index (χ3n) is 1.11. The van der Waals surface area contributed by atoms with Gasteiger partial charge in [-0.05, 0) is 6.08 Å². The van der Waals surface area contributed by atoms with Crippen molar-refractivity contribution in [2.45, 2.75) is 6.42 Å². The van der Waals surface area contributed by atoms with Crippen LogP contribution in [0.15, 0.2) is 24.2 Å². The first kappa shape index (κ1) is 6.86. The van der Waals surface area contributed by atoms with Gasteiger partial charge in [-0.2, -0.15) is 0 Å². The summed E-state index contributed by atoms with van der Waals surface area (Å²) in [5, 5.41) is 0. The number of ether oxygens (including phenoxy) is 2. The highest BCUT2D eigenvalue weighted by atomic mass is 16.5. The fourth-order valence-corrected chi connectivity index (χ4v) is 0.631. The van der Waals surface area contributed by atoms with Crippen molar-refractivity contribution in [2.75, 3.05) is 7.11 Å². The van der Waals surface area contributed by atoms with Crippen LogP contribution in [0.3, 0.4) is 0 Å². The van der Waals surface area contributed by atoms with E-state index in [2.05, 4.69) is 4.74 Å². The van der Waals surface area contributed by atoms with Crippen LogP contribution < -0.4 is 0 Å². The quantitative estimate of drug-likeness (QED) is 0.402. The Hall–Kier alpha value is -1.25. The second kappa shape index (κ2) is 3.06. The van der Waals surface area contributed by atoms with Crippen LogP contribution in [0.5, 0.6) is 0 Å². The van der Waals surface area contributed by atoms with E-state index in [1.165, 1.54) is 13.2 Å². The number of hydrogen-bond acceptors (Lipinski definition) is 3. The van der Waals surface area contributed by atoms with E-state index in [1.807, 2.05) is 6.08 Å². The third kappa shape index (κ3) is 1.62. The molecule has 0 aromatic rings. The van der Waals surface area contributed by atoms with Crippen LogP contribution in [0, 0.1) is 0 Å². The minimum Gasteiger partial charge on any atom is -0.469 e. The van der Waals surface area contributed by atoms with E-state index in [4.69, 9.17) is 4.74 Å². The predicted molar refractivity (Wildman–Crippen MR) is 34.9 cm³/mol. The van der Waals surface area contributed by atoms with E-state index >= 15 is 0 Å². The van der Waals surface area contributed by atoms with Crippen LogP contribution in [-0.4, -0.2) is 13.1 Å². The normalized spacial score (nSPS) is 19.1. The fraction of sp³-hybridized carbons (Fsp3) is 0.286. The van der Waals surface area contributed by atoms with Crippen molar-refractivity contribution in [1.29, 1.82) is 0 Å². The van der Waals surface area contributed by atoms with Gasteiger partial charge < -0.3 is 9.47 Å². The van der Waals surface area contributed by atoms with E-state index in [9.17, 15) is 4.79 Å². The molecule has 0 aromatic carbocycles. The van der Waals surface area contributed by atoms with Gasteiger partial charge in [0.05, 0.1) is 19.4 Å². The molecule has 3 nitrogen and oxygen atoms in total. The minimum absolute atomic E-state index is 0.376. The van der Waals surface area contributed by atoms with Crippen LogP contribution >= 0.6 is 0 Å². The van der Waals surface area contributed by atoms with Gasteiger partial charge in [-0.1, -0.05) is 0 Å². The maximum Gasteiger partial charge on any atom is 0.333 e. The average Bonchev–Trinajstić information content (AvgIpc) is 2.40.